The second-order valence-electron chi connectivity index (χ2n) is 7.20. The molecule has 0 saturated carbocycles. The summed E-state index contributed by atoms with van der Waals surface area (Å²) in [6.45, 7) is 4.94. The van der Waals surface area contributed by atoms with E-state index in [4.69, 9.17) is 0 Å². The Balaban J connectivity index is 1.32. The van der Waals surface area contributed by atoms with E-state index in [1.807, 2.05) is 11.8 Å². The van der Waals surface area contributed by atoms with Crippen molar-refractivity contribution in [2.45, 2.75) is 13.3 Å². The number of nitrogens with zero attached hydrogens (tertiary/aromatic N) is 6. The number of hydrogen-bond acceptors (Lipinski definition) is 6. The van der Waals surface area contributed by atoms with Gasteiger partial charge in [0.2, 0.25) is 0 Å². The molecular weight excluding hydrogens is 390 g/mol. The third-order valence-corrected chi connectivity index (χ3v) is 5.33. The van der Waals surface area contributed by atoms with Gasteiger partial charge in [-0.2, -0.15) is 5.10 Å². The fourth-order valence-electron chi connectivity index (χ4n) is 3.62. The fourth-order valence-corrected chi connectivity index (χ4v) is 3.62. The highest BCUT2D eigenvalue weighted by molar-refractivity contribution is 5.97. The summed E-state index contributed by atoms with van der Waals surface area (Å²) in [5.74, 6) is -0.436. The lowest BCUT2D eigenvalue weighted by Crippen LogP contribution is -2.47. The molecule has 1 saturated heterocycles. The van der Waals surface area contributed by atoms with Crippen LogP contribution < -0.4 is 4.90 Å². The van der Waals surface area contributed by atoms with Crippen molar-refractivity contribution >= 4 is 11.5 Å². The zero-order chi connectivity index (χ0) is 21.1. The van der Waals surface area contributed by atoms with E-state index in [0.29, 0.717) is 56.4 Å². The van der Waals surface area contributed by atoms with Gasteiger partial charge in [0.15, 0.2) is 5.78 Å². The monoisotopic (exact) mass is 412 g/mol. The normalized spacial score (nSPS) is 14.8. The van der Waals surface area contributed by atoms with Crippen LogP contribution in [-0.2, 0) is 0 Å². The average Bonchev–Trinajstić information content (AvgIpc) is 3.16. The molecule has 3 aromatic rings. The Labute approximate surface area is 173 Å². The predicted molar refractivity (Wildman–Crippen MR) is 108 cm³/mol. The smallest absolute Gasteiger partial charge is 0.250 e. The van der Waals surface area contributed by atoms with E-state index in [0.717, 1.165) is 12.1 Å². The first-order valence-corrected chi connectivity index (χ1v) is 9.80. The minimum atomic E-state index is -0.448. The highest BCUT2D eigenvalue weighted by Crippen LogP contribution is 2.22. The van der Waals surface area contributed by atoms with Crippen molar-refractivity contribution in [2.24, 2.45) is 0 Å². The van der Waals surface area contributed by atoms with Gasteiger partial charge in [-0.25, -0.2) is 23.4 Å². The van der Waals surface area contributed by atoms with E-state index in [1.165, 1.54) is 6.07 Å². The van der Waals surface area contributed by atoms with E-state index in [2.05, 4.69) is 20.0 Å². The van der Waals surface area contributed by atoms with Gasteiger partial charge in [0.25, 0.3) is 5.95 Å². The molecule has 1 fully saturated rings. The number of ketones is 1. The Morgan fingerprint density at radius 3 is 2.57 bits per heavy atom. The molecule has 0 aliphatic carbocycles. The molecule has 4 rings (SSSR count). The molecule has 156 valence electrons. The van der Waals surface area contributed by atoms with Crippen LogP contribution in [0.2, 0.25) is 0 Å². The van der Waals surface area contributed by atoms with Gasteiger partial charge in [0.05, 0.1) is 23.1 Å². The van der Waals surface area contributed by atoms with Crippen LogP contribution in [0.3, 0.4) is 0 Å². The van der Waals surface area contributed by atoms with Crippen LogP contribution in [0.5, 0.6) is 0 Å². The maximum Gasteiger partial charge on any atom is 0.250 e. The van der Waals surface area contributed by atoms with Gasteiger partial charge in [0.1, 0.15) is 11.6 Å². The van der Waals surface area contributed by atoms with Gasteiger partial charge in [0, 0.05) is 57.6 Å². The Morgan fingerprint density at radius 1 is 1.10 bits per heavy atom. The fraction of sp³-hybridized carbons (Fsp3) is 0.333. The molecule has 7 nitrogen and oxygen atoms in total. The Morgan fingerprint density at radius 2 is 1.83 bits per heavy atom. The van der Waals surface area contributed by atoms with E-state index in [-0.39, 0.29) is 11.5 Å². The molecule has 3 heterocycles. The van der Waals surface area contributed by atoms with Crippen molar-refractivity contribution < 1.29 is 13.6 Å². The SMILES string of the molecule is Cc1c(C(=O)CCN2CCN(c3cc(F)ccc3F)CC2)cnn1-c1ncccn1. The Kier molecular flexibility index (Phi) is 5.80. The summed E-state index contributed by atoms with van der Waals surface area (Å²) >= 11 is 0. The summed E-state index contributed by atoms with van der Waals surface area (Å²) < 4.78 is 29.0. The highest BCUT2D eigenvalue weighted by atomic mass is 19.1. The molecule has 2 aromatic heterocycles. The van der Waals surface area contributed by atoms with Gasteiger partial charge in [-0.3, -0.25) is 9.69 Å². The number of carbonyl (C=O) groups excluding carboxylic acids is 1. The van der Waals surface area contributed by atoms with Gasteiger partial charge in [-0.15, -0.1) is 0 Å². The molecule has 0 N–H and O–H groups in total. The second-order valence-corrected chi connectivity index (χ2v) is 7.20. The molecule has 0 bridgehead atoms. The van der Waals surface area contributed by atoms with Crippen LogP contribution >= 0.6 is 0 Å². The minimum absolute atomic E-state index is 0.00767. The van der Waals surface area contributed by atoms with Crippen LogP contribution in [0.1, 0.15) is 22.5 Å². The number of anilines is 1. The summed E-state index contributed by atoms with van der Waals surface area (Å²) in [4.78, 5) is 25.0. The van der Waals surface area contributed by atoms with Crippen molar-refractivity contribution in [1.82, 2.24) is 24.6 Å². The lowest BCUT2D eigenvalue weighted by atomic mass is 10.1. The van der Waals surface area contributed by atoms with Gasteiger partial charge >= 0.3 is 0 Å². The van der Waals surface area contributed by atoms with E-state index < -0.39 is 11.6 Å². The standard InChI is InChI=1S/C21H22F2N6O/c1-15-17(14-26-29(15)21-24-6-2-7-25-21)20(30)5-8-27-9-11-28(12-10-27)19-13-16(22)3-4-18(19)23/h2-4,6-7,13-14H,5,8-12H2,1H3. The van der Waals surface area contributed by atoms with Gasteiger partial charge < -0.3 is 4.90 Å². The van der Waals surface area contributed by atoms with Gasteiger partial charge in [-0.05, 0) is 25.1 Å². The molecule has 9 heteroatoms. The lowest BCUT2D eigenvalue weighted by Gasteiger charge is -2.36. The molecule has 1 aliphatic rings. The van der Waals surface area contributed by atoms with Crippen LogP contribution in [0, 0.1) is 18.6 Å². The molecular formula is C21H22F2N6O. The number of aromatic nitrogens is 4. The number of piperazine rings is 1. The molecule has 0 unspecified atom stereocenters. The first kappa shape index (κ1) is 20.1. The second kappa shape index (κ2) is 8.66. The van der Waals surface area contributed by atoms with E-state index in [1.54, 1.807) is 29.3 Å². The lowest BCUT2D eigenvalue weighted by molar-refractivity contribution is 0.0962. The summed E-state index contributed by atoms with van der Waals surface area (Å²) in [5.41, 5.74) is 1.55. The topological polar surface area (TPSA) is 67.2 Å². The average molecular weight is 412 g/mol. The Hall–Kier alpha value is -3.20. The van der Waals surface area contributed by atoms with Crippen LogP contribution in [0.15, 0.2) is 42.9 Å². The van der Waals surface area contributed by atoms with Crippen LogP contribution in [-0.4, -0.2) is 63.2 Å². The zero-order valence-corrected chi connectivity index (χ0v) is 16.6. The molecule has 1 aromatic carbocycles. The van der Waals surface area contributed by atoms with Crippen molar-refractivity contribution in [3.63, 3.8) is 0 Å². The zero-order valence-electron chi connectivity index (χ0n) is 16.6. The Bertz CT molecular complexity index is 1030. The van der Waals surface area contributed by atoms with Crippen molar-refractivity contribution in [2.75, 3.05) is 37.6 Å². The maximum atomic E-state index is 14.0. The third kappa shape index (κ3) is 4.20. The third-order valence-electron chi connectivity index (χ3n) is 5.33. The summed E-state index contributed by atoms with van der Waals surface area (Å²) in [6, 6.07) is 5.22. The predicted octanol–water partition coefficient (Wildman–Crippen LogP) is 2.64. The summed E-state index contributed by atoms with van der Waals surface area (Å²) in [5, 5.41) is 4.25. The number of carbonyl (C=O) groups is 1. The van der Waals surface area contributed by atoms with Crippen molar-refractivity contribution in [3.05, 3.63) is 65.7 Å². The number of rotatable bonds is 6. The van der Waals surface area contributed by atoms with Crippen LogP contribution in [0.4, 0.5) is 14.5 Å². The van der Waals surface area contributed by atoms with E-state index >= 15 is 0 Å². The molecule has 0 spiro atoms. The van der Waals surface area contributed by atoms with E-state index in [9.17, 15) is 13.6 Å². The first-order valence-electron chi connectivity index (χ1n) is 9.80. The maximum absolute atomic E-state index is 14.0. The largest absolute Gasteiger partial charge is 0.367 e. The molecule has 0 amide bonds. The quantitative estimate of drug-likeness (QED) is 0.580. The van der Waals surface area contributed by atoms with Gasteiger partial charge in [-0.1, -0.05) is 0 Å². The van der Waals surface area contributed by atoms with Crippen molar-refractivity contribution in [3.8, 4) is 5.95 Å². The van der Waals surface area contributed by atoms with Crippen LogP contribution in [0.25, 0.3) is 5.95 Å². The number of benzene rings is 1. The number of halogens is 2. The minimum Gasteiger partial charge on any atom is -0.367 e. The molecule has 1 aliphatic heterocycles. The summed E-state index contributed by atoms with van der Waals surface area (Å²) in [6.07, 6.45) is 5.16. The number of Topliss-reactive ketones (excluding diaryl/α,β-unsaturated/α-hetero) is 1. The molecule has 30 heavy (non-hydrogen) atoms. The highest BCUT2D eigenvalue weighted by Gasteiger charge is 2.22. The summed E-state index contributed by atoms with van der Waals surface area (Å²) in [7, 11) is 0. The van der Waals surface area contributed by atoms with Crippen molar-refractivity contribution in [1.29, 1.82) is 0 Å². The first-order chi connectivity index (χ1) is 14.5. The molecule has 0 atom stereocenters. The number of hydrogen-bond donors (Lipinski definition) is 0. The molecule has 0 radical (unpaired) electrons.